The van der Waals surface area contributed by atoms with Crippen LogP contribution >= 0.6 is 0 Å². The van der Waals surface area contributed by atoms with E-state index < -0.39 is 17.7 Å². The van der Waals surface area contributed by atoms with Gasteiger partial charge in [-0.05, 0) is 36.2 Å². The smallest absolute Gasteiger partial charge is 0.348 e. The number of aromatic nitrogens is 3. The molecule has 0 saturated carbocycles. The molecule has 162 valence electrons. The normalized spacial score (nSPS) is 16.8. The van der Waals surface area contributed by atoms with E-state index in [2.05, 4.69) is 15.5 Å². The predicted molar refractivity (Wildman–Crippen MR) is 106 cm³/mol. The Labute approximate surface area is 175 Å². The van der Waals surface area contributed by atoms with Crippen molar-refractivity contribution < 1.29 is 22.8 Å². The van der Waals surface area contributed by atoms with E-state index in [1.165, 1.54) is 10.5 Å². The quantitative estimate of drug-likeness (QED) is 0.674. The van der Waals surface area contributed by atoms with Gasteiger partial charge in [-0.1, -0.05) is 19.1 Å². The fourth-order valence-corrected chi connectivity index (χ4v) is 3.58. The molecule has 1 aliphatic heterocycles. The zero-order chi connectivity index (χ0) is 22.2. The number of anilines is 1. The van der Waals surface area contributed by atoms with Gasteiger partial charge in [-0.25, -0.2) is 0 Å². The van der Waals surface area contributed by atoms with E-state index in [1.54, 1.807) is 4.90 Å². The summed E-state index contributed by atoms with van der Waals surface area (Å²) in [5, 5.41) is 10.4. The number of carbonyl (C=O) groups excluding carboxylic acids is 2. The highest BCUT2D eigenvalue weighted by Crippen LogP contribution is 2.29. The van der Waals surface area contributed by atoms with Crippen LogP contribution in [0, 0.1) is 5.92 Å². The van der Waals surface area contributed by atoms with Crippen LogP contribution in [0.25, 0.3) is 5.65 Å². The molecule has 3 aromatic rings. The summed E-state index contributed by atoms with van der Waals surface area (Å²) in [6.45, 7) is 2.19. The van der Waals surface area contributed by atoms with Crippen LogP contribution in [0.15, 0.2) is 42.6 Å². The second kappa shape index (κ2) is 8.01. The molecule has 1 atom stereocenters. The topological polar surface area (TPSA) is 79.6 Å². The van der Waals surface area contributed by atoms with Crippen molar-refractivity contribution >= 4 is 23.1 Å². The second-order valence-electron chi connectivity index (χ2n) is 7.40. The van der Waals surface area contributed by atoms with Crippen LogP contribution in [-0.4, -0.2) is 33.0 Å². The van der Waals surface area contributed by atoms with Gasteiger partial charge in [-0.2, -0.15) is 13.2 Å². The summed E-state index contributed by atoms with van der Waals surface area (Å²) in [4.78, 5) is 26.6. The molecular formula is C21H20F3N5O2. The summed E-state index contributed by atoms with van der Waals surface area (Å²) >= 11 is 0. The number of fused-ring (bicyclic) bond motifs is 1. The molecule has 2 aromatic heterocycles. The number of carbonyl (C=O) groups is 2. The largest absolute Gasteiger partial charge is 0.417 e. The van der Waals surface area contributed by atoms with E-state index in [-0.39, 0.29) is 42.8 Å². The molecule has 0 spiro atoms. The SMILES string of the molecule is CCc1ccc(N2CC(C(=O)NCc3nnc4ccc(C(F)(F)F)cn34)CC2=O)cc1. The van der Waals surface area contributed by atoms with Gasteiger partial charge >= 0.3 is 6.18 Å². The van der Waals surface area contributed by atoms with Crippen LogP contribution in [0.4, 0.5) is 18.9 Å². The van der Waals surface area contributed by atoms with E-state index in [4.69, 9.17) is 0 Å². The molecule has 0 radical (unpaired) electrons. The van der Waals surface area contributed by atoms with Crippen molar-refractivity contribution in [3.05, 3.63) is 59.5 Å². The van der Waals surface area contributed by atoms with Gasteiger partial charge in [0, 0.05) is 24.8 Å². The van der Waals surface area contributed by atoms with Crippen molar-refractivity contribution in [3.63, 3.8) is 0 Å². The molecule has 31 heavy (non-hydrogen) atoms. The summed E-state index contributed by atoms with van der Waals surface area (Å²) in [5.74, 6) is -0.883. The molecule has 3 heterocycles. The number of rotatable bonds is 5. The van der Waals surface area contributed by atoms with Crippen LogP contribution in [-0.2, 0) is 28.7 Å². The molecule has 10 heteroatoms. The minimum atomic E-state index is -4.50. The van der Waals surface area contributed by atoms with Gasteiger partial charge < -0.3 is 10.2 Å². The minimum absolute atomic E-state index is 0.0696. The van der Waals surface area contributed by atoms with Crippen molar-refractivity contribution in [2.24, 2.45) is 5.92 Å². The van der Waals surface area contributed by atoms with Crippen LogP contribution in [0.1, 0.15) is 30.3 Å². The maximum absolute atomic E-state index is 13.0. The Morgan fingerprint density at radius 1 is 1.16 bits per heavy atom. The molecule has 0 bridgehead atoms. The van der Waals surface area contributed by atoms with Crippen molar-refractivity contribution in [1.82, 2.24) is 19.9 Å². The highest BCUT2D eigenvalue weighted by atomic mass is 19.4. The molecule has 0 aliphatic carbocycles. The number of amides is 2. The van der Waals surface area contributed by atoms with Crippen molar-refractivity contribution in [1.29, 1.82) is 0 Å². The van der Waals surface area contributed by atoms with E-state index in [9.17, 15) is 22.8 Å². The van der Waals surface area contributed by atoms with Crippen LogP contribution in [0.5, 0.6) is 0 Å². The van der Waals surface area contributed by atoms with Gasteiger partial charge in [0.1, 0.15) is 0 Å². The molecule has 1 aliphatic rings. The molecule has 1 aromatic carbocycles. The summed E-state index contributed by atoms with van der Waals surface area (Å²) < 4.78 is 40.1. The number of aryl methyl sites for hydroxylation is 1. The number of hydrogen-bond acceptors (Lipinski definition) is 4. The zero-order valence-corrected chi connectivity index (χ0v) is 16.7. The number of alkyl halides is 3. The molecular weight excluding hydrogens is 411 g/mol. The first-order valence-electron chi connectivity index (χ1n) is 9.84. The lowest BCUT2D eigenvalue weighted by Crippen LogP contribution is -2.33. The Kier molecular flexibility index (Phi) is 5.38. The first-order chi connectivity index (χ1) is 14.8. The van der Waals surface area contributed by atoms with Crippen molar-refractivity contribution in [2.75, 3.05) is 11.4 Å². The van der Waals surface area contributed by atoms with E-state index in [0.717, 1.165) is 29.9 Å². The third-order valence-corrected chi connectivity index (χ3v) is 5.37. The van der Waals surface area contributed by atoms with E-state index >= 15 is 0 Å². The summed E-state index contributed by atoms with van der Waals surface area (Å²) in [5.41, 5.74) is 1.30. The van der Waals surface area contributed by atoms with Gasteiger partial charge in [-0.3, -0.25) is 14.0 Å². The zero-order valence-electron chi connectivity index (χ0n) is 16.7. The van der Waals surface area contributed by atoms with Gasteiger partial charge in [0.25, 0.3) is 0 Å². The van der Waals surface area contributed by atoms with Crippen molar-refractivity contribution in [3.8, 4) is 0 Å². The minimum Gasteiger partial charge on any atom is -0.348 e. The molecule has 1 unspecified atom stereocenters. The van der Waals surface area contributed by atoms with Gasteiger partial charge in [-0.15, -0.1) is 10.2 Å². The first kappa shape index (κ1) is 20.8. The third-order valence-electron chi connectivity index (χ3n) is 5.37. The molecule has 1 N–H and O–H groups in total. The molecule has 7 nitrogen and oxygen atoms in total. The number of benzene rings is 1. The maximum atomic E-state index is 13.0. The Hall–Kier alpha value is -3.43. The van der Waals surface area contributed by atoms with Crippen molar-refractivity contribution in [2.45, 2.75) is 32.5 Å². The highest BCUT2D eigenvalue weighted by molar-refractivity contribution is 6.00. The maximum Gasteiger partial charge on any atom is 0.417 e. The van der Waals surface area contributed by atoms with Crippen LogP contribution < -0.4 is 10.2 Å². The number of pyridine rings is 1. The second-order valence-corrected chi connectivity index (χ2v) is 7.40. The lowest BCUT2D eigenvalue weighted by Gasteiger charge is -2.17. The average molecular weight is 431 g/mol. The van der Waals surface area contributed by atoms with Gasteiger partial charge in [0.05, 0.1) is 18.0 Å². The third kappa shape index (κ3) is 4.23. The lowest BCUT2D eigenvalue weighted by molar-refractivity contribution is -0.138. The fourth-order valence-electron chi connectivity index (χ4n) is 3.58. The monoisotopic (exact) mass is 431 g/mol. The summed E-state index contributed by atoms with van der Waals surface area (Å²) in [7, 11) is 0. The Balaban J connectivity index is 1.42. The Morgan fingerprint density at radius 3 is 2.58 bits per heavy atom. The number of nitrogens with one attached hydrogen (secondary N) is 1. The molecule has 2 amide bonds. The Bertz CT molecular complexity index is 1120. The fraction of sp³-hybridized carbons (Fsp3) is 0.333. The standard InChI is InChI=1S/C21H20F3N5O2/c1-2-13-3-6-16(7-4-13)28-11-14(9-19(28)30)20(31)25-10-18-27-26-17-8-5-15(12-29(17)18)21(22,23)24/h3-8,12,14H,2,9-11H2,1H3,(H,25,31). The Morgan fingerprint density at radius 2 is 1.90 bits per heavy atom. The van der Waals surface area contributed by atoms with E-state index in [1.807, 2.05) is 31.2 Å². The number of nitrogens with zero attached hydrogens (tertiary/aromatic N) is 4. The van der Waals surface area contributed by atoms with Crippen LogP contribution in [0.3, 0.4) is 0 Å². The highest BCUT2D eigenvalue weighted by Gasteiger charge is 2.35. The molecule has 1 saturated heterocycles. The molecule has 4 rings (SSSR count). The average Bonchev–Trinajstić information content (AvgIpc) is 3.34. The summed E-state index contributed by atoms with van der Waals surface area (Å²) in [6.07, 6.45) is -2.64. The van der Waals surface area contributed by atoms with E-state index in [0.29, 0.717) is 0 Å². The predicted octanol–water partition coefficient (Wildman–Crippen LogP) is 2.98. The number of hydrogen-bond donors (Lipinski definition) is 1. The number of halogens is 3. The van der Waals surface area contributed by atoms with Crippen LogP contribution in [0.2, 0.25) is 0 Å². The van der Waals surface area contributed by atoms with Gasteiger partial charge in [0.15, 0.2) is 11.5 Å². The summed E-state index contributed by atoms with van der Waals surface area (Å²) in [6, 6.07) is 9.76. The lowest BCUT2D eigenvalue weighted by atomic mass is 10.1. The molecule has 1 fully saturated rings. The first-order valence-corrected chi connectivity index (χ1v) is 9.84. The van der Waals surface area contributed by atoms with Gasteiger partial charge in [0.2, 0.25) is 11.8 Å².